The van der Waals surface area contributed by atoms with Crippen LogP contribution < -0.4 is 10.6 Å². The summed E-state index contributed by atoms with van der Waals surface area (Å²) < 4.78 is 43.1. The van der Waals surface area contributed by atoms with Crippen LogP contribution >= 0.6 is 0 Å². The number of amides is 1. The van der Waals surface area contributed by atoms with Crippen LogP contribution in [-0.2, 0) is 10.9 Å². The number of halogens is 3. The Hall–Kier alpha value is -1.99. The number of carbonyl (C=O) groups is 1. The number of alkyl carbamates (subject to hydrolysis) is 1. The van der Waals surface area contributed by atoms with Crippen LogP contribution in [0.5, 0.6) is 0 Å². The molecule has 0 bridgehead atoms. The van der Waals surface area contributed by atoms with E-state index in [-0.39, 0.29) is 18.9 Å². The molecule has 1 aromatic heterocycles. The SMILES string of the molecule is CC(C)(C)OC(=O)NCCNc1ncccc1C(F)(F)F. The molecule has 118 valence electrons. The molecule has 0 spiro atoms. The average Bonchev–Trinajstić information content (AvgIpc) is 2.32. The molecule has 0 fully saturated rings. The van der Waals surface area contributed by atoms with Gasteiger partial charge in [0.15, 0.2) is 0 Å². The Morgan fingerprint density at radius 2 is 1.95 bits per heavy atom. The molecule has 0 aliphatic rings. The van der Waals surface area contributed by atoms with Gasteiger partial charge in [0.2, 0.25) is 0 Å². The third-order valence-corrected chi connectivity index (χ3v) is 2.20. The Bertz CT molecular complexity index is 484. The Morgan fingerprint density at radius 1 is 1.29 bits per heavy atom. The number of hydrogen-bond acceptors (Lipinski definition) is 4. The van der Waals surface area contributed by atoms with Gasteiger partial charge in [-0.25, -0.2) is 9.78 Å². The van der Waals surface area contributed by atoms with Crippen LogP contribution in [0.3, 0.4) is 0 Å². The minimum Gasteiger partial charge on any atom is -0.444 e. The van der Waals surface area contributed by atoms with E-state index in [0.29, 0.717) is 0 Å². The minimum atomic E-state index is -4.48. The molecule has 1 rings (SSSR count). The van der Waals surface area contributed by atoms with Gasteiger partial charge in [0.25, 0.3) is 0 Å². The number of ether oxygens (including phenoxy) is 1. The summed E-state index contributed by atoms with van der Waals surface area (Å²) in [5.74, 6) is -0.268. The molecule has 0 radical (unpaired) electrons. The van der Waals surface area contributed by atoms with Crippen LogP contribution in [-0.4, -0.2) is 29.8 Å². The van der Waals surface area contributed by atoms with Crippen LogP contribution in [0.1, 0.15) is 26.3 Å². The molecule has 5 nitrogen and oxygen atoms in total. The van der Waals surface area contributed by atoms with E-state index in [2.05, 4.69) is 15.6 Å². The topological polar surface area (TPSA) is 63.2 Å². The van der Waals surface area contributed by atoms with E-state index >= 15 is 0 Å². The smallest absolute Gasteiger partial charge is 0.419 e. The third kappa shape index (κ3) is 6.33. The van der Waals surface area contributed by atoms with E-state index in [1.54, 1.807) is 20.8 Å². The molecular weight excluding hydrogens is 287 g/mol. The highest BCUT2D eigenvalue weighted by Gasteiger charge is 2.33. The first-order chi connectivity index (χ1) is 9.59. The second kappa shape index (κ2) is 6.64. The molecule has 1 heterocycles. The van der Waals surface area contributed by atoms with E-state index in [0.717, 1.165) is 6.07 Å². The molecular formula is C13H18F3N3O2. The summed E-state index contributed by atoms with van der Waals surface area (Å²) in [4.78, 5) is 15.0. The van der Waals surface area contributed by atoms with E-state index in [1.807, 2.05) is 0 Å². The fourth-order valence-electron chi connectivity index (χ4n) is 1.43. The summed E-state index contributed by atoms with van der Waals surface area (Å²) >= 11 is 0. The van der Waals surface area contributed by atoms with Crippen molar-refractivity contribution in [2.45, 2.75) is 32.5 Å². The maximum Gasteiger partial charge on any atom is 0.419 e. The van der Waals surface area contributed by atoms with Crippen molar-refractivity contribution >= 4 is 11.9 Å². The molecule has 0 saturated carbocycles. The molecule has 0 atom stereocenters. The number of anilines is 1. The number of carbonyl (C=O) groups excluding carboxylic acids is 1. The van der Waals surface area contributed by atoms with Crippen molar-refractivity contribution in [3.63, 3.8) is 0 Å². The van der Waals surface area contributed by atoms with E-state index < -0.39 is 23.4 Å². The fourth-order valence-corrected chi connectivity index (χ4v) is 1.43. The first-order valence-corrected chi connectivity index (χ1v) is 6.32. The van der Waals surface area contributed by atoms with Crippen LogP contribution in [0.25, 0.3) is 0 Å². The largest absolute Gasteiger partial charge is 0.444 e. The first-order valence-electron chi connectivity index (χ1n) is 6.32. The average molecular weight is 305 g/mol. The van der Waals surface area contributed by atoms with Crippen molar-refractivity contribution in [2.24, 2.45) is 0 Å². The zero-order valence-electron chi connectivity index (χ0n) is 12.0. The fraction of sp³-hybridized carbons (Fsp3) is 0.538. The highest BCUT2D eigenvalue weighted by Crippen LogP contribution is 2.33. The second-order valence-corrected chi connectivity index (χ2v) is 5.25. The van der Waals surface area contributed by atoms with Crippen molar-refractivity contribution in [3.05, 3.63) is 23.9 Å². The molecule has 1 aromatic rings. The maximum atomic E-state index is 12.7. The number of nitrogens with one attached hydrogen (secondary N) is 2. The molecule has 2 N–H and O–H groups in total. The van der Waals surface area contributed by atoms with Gasteiger partial charge in [-0.3, -0.25) is 0 Å². The summed E-state index contributed by atoms with van der Waals surface area (Å²) in [5.41, 5.74) is -1.47. The van der Waals surface area contributed by atoms with Gasteiger partial charge < -0.3 is 15.4 Å². The van der Waals surface area contributed by atoms with E-state index in [1.165, 1.54) is 12.3 Å². The number of rotatable bonds is 4. The summed E-state index contributed by atoms with van der Waals surface area (Å²) in [6, 6.07) is 2.16. The van der Waals surface area contributed by atoms with Crippen LogP contribution in [0.15, 0.2) is 18.3 Å². The molecule has 1 amide bonds. The normalized spacial score (nSPS) is 11.9. The van der Waals surface area contributed by atoms with Crippen molar-refractivity contribution in [1.29, 1.82) is 0 Å². The number of hydrogen-bond donors (Lipinski definition) is 2. The van der Waals surface area contributed by atoms with Gasteiger partial charge in [0, 0.05) is 19.3 Å². The van der Waals surface area contributed by atoms with Crippen LogP contribution in [0.2, 0.25) is 0 Å². The van der Waals surface area contributed by atoms with Crippen molar-refractivity contribution in [1.82, 2.24) is 10.3 Å². The monoisotopic (exact) mass is 305 g/mol. The van der Waals surface area contributed by atoms with Gasteiger partial charge in [-0.05, 0) is 32.9 Å². The van der Waals surface area contributed by atoms with Gasteiger partial charge in [-0.15, -0.1) is 0 Å². The zero-order chi connectivity index (χ0) is 16.1. The lowest BCUT2D eigenvalue weighted by atomic mass is 10.2. The Balaban J connectivity index is 2.46. The number of pyridine rings is 1. The summed E-state index contributed by atoms with van der Waals surface area (Å²) in [6.07, 6.45) is -3.84. The van der Waals surface area contributed by atoms with Gasteiger partial charge >= 0.3 is 12.3 Å². The van der Waals surface area contributed by atoms with Gasteiger partial charge in [0.05, 0.1) is 5.56 Å². The lowest BCUT2D eigenvalue weighted by molar-refractivity contribution is -0.137. The van der Waals surface area contributed by atoms with Gasteiger partial charge in [0.1, 0.15) is 11.4 Å². The predicted octanol–water partition coefficient (Wildman–Crippen LogP) is 3.04. The second-order valence-electron chi connectivity index (χ2n) is 5.25. The molecule has 0 aromatic carbocycles. The maximum absolute atomic E-state index is 12.7. The third-order valence-electron chi connectivity index (χ3n) is 2.20. The van der Waals surface area contributed by atoms with Crippen molar-refractivity contribution in [2.75, 3.05) is 18.4 Å². The Labute approximate surface area is 120 Å². The molecule has 0 aliphatic heterocycles. The van der Waals surface area contributed by atoms with Crippen molar-refractivity contribution in [3.8, 4) is 0 Å². The lowest BCUT2D eigenvalue weighted by Gasteiger charge is -2.20. The lowest BCUT2D eigenvalue weighted by Crippen LogP contribution is -2.35. The van der Waals surface area contributed by atoms with E-state index in [4.69, 9.17) is 4.74 Å². The quantitative estimate of drug-likeness (QED) is 0.839. The molecule has 8 heteroatoms. The van der Waals surface area contributed by atoms with Gasteiger partial charge in [-0.2, -0.15) is 13.2 Å². The molecule has 0 aliphatic carbocycles. The summed E-state index contributed by atoms with van der Waals surface area (Å²) in [6.45, 7) is 5.36. The predicted molar refractivity (Wildman–Crippen MR) is 72.0 cm³/mol. The number of alkyl halides is 3. The van der Waals surface area contributed by atoms with Crippen molar-refractivity contribution < 1.29 is 22.7 Å². The van der Waals surface area contributed by atoms with Crippen LogP contribution in [0, 0.1) is 0 Å². The number of aromatic nitrogens is 1. The van der Waals surface area contributed by atoms with Gasteiger partial charge in [-0.1, -0.05) is 0 Å². The highest BCUT2D eigenvalue weighted by molar-refractivity contribution is 5.67. The van der Waals surface area contributed by atoms with E-state index in [9.17, 15) is 18.0 Å². The standard InChI is InChI=1S/C13H18F3N3O2/c1-12(2,3)21-11(20)19-8-7-18-10-9(13(14,15)16)5-4-6-17-10/h4-6H,7-8H2,1-3H3,(H,17,18)(H,19,20). The number of nitrogens with zero attached hydrogens (tertiary/aromatic N) is 1. The first kappa shape index (κ1) is 17.1. The summed E-state index contributed by atoms with van der Waals surface area (Å²) in [7, 11) is 0. The molecule has 0 unspecified atom stereocenters. The Kier molecular flexibility index (Phi) is 5.40. The molecule has 0 saturated heterocycles. The summed E-state index contributed by atoms with van der Waals surface area (Å²) in [5, 5.41) is 4.97. The highest BCUT2D eigenvalue weighted by atomic mass is 19.4. The minimum absolute atomic E-state index is 0.0966. The zero-order valence-corrected chi connectivity index (χ0v) is 12.0. The van der Waals surface area contributed by atoms with Crippen LogP contribution in [0.4, 0.5) is 23.8 Å². The Morgan fingerprint density at radius 3 is 2.52 bits per heavy atom. The molecule has 21 heavy (non-hydrogen) atoms.